The minimum Gasteiger partial charge on any atom is -0.479 e. The Kier molecular flexibility index (Phi) is 6.68. The fraction of sp³-hybridized carbons (Fsp3) is 0.227. The average Bonchev–Trinajstić information content (AvgIpc) is 2.77. The molecule has 166 valence electrons. The minimum atomic E-state index is -5.03. The molecule has 1 heterocycles. The van der Waals surface area contributed by atoms with Gasteiger partial charge in [0.25, 0.3) is 5.76 Å². The van der Waals surface area contributed by atoms with Gasteiger partial charge in [0.2, 0.25) is 11.2 Å². The second-order valence-corrected chi connectivity index (χ2v) is 6.45. The third-order valence-corrected chi connectivity index (χ3v) is 4.13. The minimum absolute atomic E-state index is 0.0644. The first-order chi connectivity index (χ1) is 15.2. The van der Waals surface area contributed by atoms with E-state index in [1.165, 1.54) is 36.4 Å². The van der Waals surface area contributed by atoms with Crippen LogP contribution in [0.3, 0.4) is 0 Å². The number of carbonyl (C=O) groups excluding carboxylic acids is 1. The van der Waals surface area contributed by atoms with Crippen LogP contribution in [-0.4, -0.2) is 19.2 Å². The van der Waals surface area contributed by atoms with Crippen molar-refractivity contribution in [2.75, 3.05) is 13.2 Å². The number of nitrogens with zero attached hydrogens (tertiary/aromatic N) is 1. The van der Waals surface area contributed by atoms with Gasteiger partial charge in [0, 0.05) is 6.07 Å². The van der Waals surface area contributed by atoms with Crippen LogP contribution in [-0.2, 0) is 10.9 Å². The molecule has 32 heavy (non-hydrogen) atoms. The summed E-state index contributed by atoms with van der Waals surface area (Å²) in [5.41, 5.74) is -1.24. The van der Waals surface area contributed by atoms with Gasteiger partial charge in [-0.1, -0.05) is 6.92 Å². The summed E-state index contributed by atoms with van der Waals surface area (Å²) in [5.74, 6) is -3.30. The van der Waals surface area contributed by atoms with E-state index in [1.54, 1.807) is 6.07 Å². The average molecular weight is 447 g/mol. The molecule has 0 saturated carbocycles. The van der Waals surface area contributed by atoms with Crippen LogP contribution in [0, 0.1) is 11.3 Å². The third kappa shape index (κ3) is 5.00. The molecule has 2 aromatic carbocycles. The molecule has 7 nitrogen and oxygen atoms in total. The Bertz CT molecular complexity index is 1230. The van der Waals surface area contributed by atoms with Gasteiger partial charge in [-0.3, -0.25) is 4.79 Å². The fourth-order valence-corrected chi connectivity index (χ4v) is 2.70. The SMILES string of the molecule is CCCOC(=O)c1ccc(Oc2c(C(F)(F)F)oc3cc(OCC#N)ccc3c2=O)cc1. The quantitative estimate of drug-likeness (QED) is 0.466. The Hall–Kier alpha value is -4.00. The van der Waals surface area contributed by atoms with E-state index in [1.807, 2.05) is 6.92 Å². The first kappa shape index (κ1) is 22.7. The molecule has 3 rings (SSSR count). The predicted molar refractivity (Wildman–Crippen MR) is 106 cm³/mol. The van der Waals surface area contributed by atoms with Crippen molar-refractivity contribution >= 4 is 16.9 Å². The predicted octanol–water partition coefficient (Wildman–Crippen LogP) is 5.07. The summed E-state index contributed by atoms with van der Waals surface area (Å²) in [6.45, 7) is 1.73. The zero-order valence-electron chi connectivity index (χ0n) is 16.7. The largest absolute Gasteiger partial charge is 0.479 e. The van der Waals surface area contributed by atoms with E-state index in [4.69, 9.17) is 23.9 Å². The number of esters is 1. The molecule has 0 radical (unpaired) electrons. The molecule has 0 N–H and O–H groups in total. The molecular weight excluding hydrogens is 431 g/mol. The lowest BCUT2D eigenvalue weighted by Gasteiger charge is -2.14. The number of hydrogen-bond donors (Lipinski definition) is 0. The molecule has 0 fully saturated rings. The van der Waals surface area contributed by atoms with Gasteiger partial charge in [-0.2, -0.15) is 18.4 Å². The van der Waals surface area contributed by atoms with Crippen LogP contribution in [0.25, 0.3) is 11.0 Å². The van der Waals surface area contributed by atoms with Crippen LogP contribution in [0.1, 0.15) is 29.5 Å². The van der Waals surface area contributed by atoms with E-state index in [0.717, 1.165) is 6.07 Å². The summed E-state index contributed by atoms with van der Waals surface area (Å²) >= 11 is 0. The van der Waals surface area contributed by atoms with Crippen molar-refractivity contribution in [1.82, 2.24) is 0 Å². The summed E-state index contributed by atoms with van der Waals surface area (Å²) in [7, 11) is 0. The molecular formula is C22H16F3NO6. The highest BCUT2D eigenvalue weighted by molar-refractivity contribution is 5.89. The number of rotatable bonds is 7. The van der Waals surface area contributed by atoms with E-state index in [-0.39, 0.29) is 41.2 Å². The molecule has 0 aliphatic rings. The number of carbonyl (C=O) groups is 1. The van der Waals surface area contributed by atoms with Crippen molar-refractivity contribution in [2.45, 2.75) is 19.5 Å². The van der Waals surface area contributed by atoms with Crippen molar-refractivity contribution in [2.24, 2.45) is 0 Å². The van der Waals surface area contributed by atoms with Crippen molar-refractivity contribution in [3.8, 4) is 23.3 Å². The summed E-state index contributed by atoms with van der Waals surface area (Å²) < 4.78 is 61.0. The maximum absolute atomic E-state index is 13.6. The highest BCUT2D eigenvalue weighted by Gasteiger charge is 2.40. The van der Waals surface area contributed by atoms with Crippen molar-refractivity contribution in [3.63, 3.8) is 0 Å². The zero-order valence-corrected chi connectivity index (χ0v) is 16.7. The number of halogens is 3. The summed E-state index contributed by atoms with van der Waals surface area (Å²) in [4.78, 5) is 24.6. The van der Waals surface area contributed by atoms with Gasteiger partial charge < -0.3 is 18.6 Å². The van der Waals surface area contributed by atoms with E-state index >= 15 is 0 Å². The molecule has 0 aliphatic carbocycles. The maximum Gasteiger partial charge on any atom is 0.453 e. The molecule has 0 atom stereocenters. The fourth-order valence-electron chi connectivity index (χ4n) is 2.70. The van der Waals surface area contributed by atoms with Crippen LogP contribution in [0.15, 0.2) is 51.7 Å². The molecule has 0 amide bonds. The van der Waals surface area contributed by atoms with Gasteiger partial charge in [0.15, 0.2) is 6.61 Å². The van der Waals surface area contributed by atoms with Gasteiger partial charge in [-0.15, -0.1) is 0 Å². The maximum atomic E-state index is 13.6. The lowest BCUT2D eigenvalue weighted by atomic mass is 10.2. The Morgan fingerprint density at radius 3 is 2.44 bits per heavy atom. The van der Waals surface area contributed by atoms with Crippen LogP contribution in [0.4, 0.5) is 13.2 Å². The molecule has 10 heteroatoms. The van der Waals surface area contributed by atoms with E-state index in [9.17, 15) is 22.8 Å². The second kappa shape index (κ2) is 9.43. The highest BCUT2D eigenvalue weighted by atomic mass is 19.4. The molecule has 0 spiro atoms. The zero-order chi connectivity index (χ0) is 23.3. The van der Waals surface area contributed by atoms with Crippen LogP contribution in [0.5, 0.6) is 17.2 Å². The van der Waals surface area contributed by atoms with Crippen LogP contribution >= 0.6 is 0 Å². The molecule has 0 bridgehead atoms. The van der Waals surface area contributed by atoms with Crippen molar-refractivity contribution in [3.05, 3.63) is 64.0 Å². The lowest BCUT2D eigenvalue weighted by Crippen LogP contribution is -2.15. The number of benzene rings is 2. The third-order valence-electron chi connectivity index (χ3n) is 4.13. The smallest absolute Gasteiger partial charge is 0.453 e. The van der Waals surface area contributed by atoms with Gasteiger partial charge in [-0.05, 0) is 42.8 Å². The van der Waals surface area contributed by atoms with E-state index in [0.29, 0.717) is 6.42 Å². The number of nitriles is 1. The number of fused-ring (bicyclic) bond motifs is 1. The van der Waals surface area contributed by atoms with Crippen LogP contribution < -0.4 is 14.9 Å². The van der Waals surface area contributed by atoms with Crippen molar-refractivity contribution < 1.29 is 36.6 Å². The highest BCUT2D eigenvalue weighted by Crippen LogP contribution is 2.38. The van der Waals surface area contributed by atoms with Gasteiger partial charge in [0.1, 0.15) is 23.2 Å². The Labute approximate surface area is 179 Å². The topological polar surface area (TPSA) is 98.8 Å². The first-order valence-electron chi connectivity index (χ1n) is 9.37. The Morgan fingerprint density at radius 2 is 1.81 bits per heavy atom. The van der Waals surface area contributed by atoms with E-state index < -0.39 is 29.1 Å². The molecule has 1 aromatic heterocycles. The normalized spacial score (nSPS) is 11.1. The van der Waals surface area contributed by atoms with Crippen LogP contribution in [0.2, 0.25) is 0 Å². The molecule has 3 aromatic rings. The number of ether oxygens (including phenoxy) is 3. The molecule has 0 unspecified atom stereocenters. The van der Waals surface area contributed by atoms with Gasteiger partial charge in [0.05, 0.1) is 17.6 Å². The number of hydrogen-bond acceptors (Lipinski definition) is 7. The standard InChI is InChI=1S/C22H16F3NO6/c1-2-10-30-21(28)13-3-5-14(6-4-13)31-19-18(27)16-8-7-15(29-11-9-26)12-17(16)32-20(19)22(23,24)25/h3-8,12H,2,10-11H2,1H3. The lowest BCUT2D eigenvalue weighted by molar-refractivity contribution is -0.154. The monoisotopic (exact) mass is 447 g/mol. The Morgan fingerprint density at radius 1 is 1.12 bits per heavy atom. The number of alkyl halides is 3. The first-order valence-corrected chi connectivity index (χ1v) is 9.37. The molecule has 0 saturated heterocycles. The summed E-state index contributed by atoms with van der Waals surface area (Å²) in [6, 6.07) is 10.4. The second-order valence-electron chi connectivity index (χ2n) is 6.45. The van der Waals surface area contributed by atoms with Gasteiger partial charge in [-0.25, -0.2) is 4.79 Å². The molecule has 0 aliphatic heterocycles. The van der Waals surface area contributed by atoms with E-state index in [2.05, 4.69) is 0 Å². The summed E-state index contributed by atoms with van der Waals surface area (Å²) in [6.07, 6.45) is -4.40. The Balaban J connectivity index is 2.00. The van der Waals surface area contributed by atoms with Gasteiger partial charge >= 0.3 is 12.1 Å². The van der Waals surface area contributed by atoms with Crippen molar-refractivity contribution in [1.29, 1.82) is 5.26 Å². The summed E-state index contributed by atoms with van der Waals surface area (Å²) in [5, 5.41) is 8.39.